The summed E-state index contributed by atoms with van der Waals surface area (Å²) in [4.78, 5) is 11.1. The van der Waals surface area contributed by atoms with E-state index in [1.54, 1.807) is 6.07 Å². The van der Waals surface area contributed by atoms with Crippen molar-refractivity contribution in [3.63, 3.8) is 0 Å². The number of hydrogen-bond acceptors (Lipinski definition) is 3. The molecule has 2 N–H and O–H groups in total. The molecular weight excluding hydrogens is 326 g/mol. The summed E-state index contributed by atoms with van der Waals surface area (Å²) in [6.45, 7) is 4.43. The highest BCUT2D eigenvalue weighted by Crippen LogP contribution is 2.27. The van der Waals surface area contributed by atoms with Gasteiger partial charge in [-0.1, -0.05) is 37.1 Å². The van der Waals surface area contributed by atoms with E-state index in [9.17, 15) is 4.79 Å². The number of carbonyl (C=O) groups is 1. The standard InChI is InChI=1S/C19H22ClNO3/c1-3-4-17(19(22)23)21-12-14-5-8-16(9-6-14)24-18-10-7-15(20)11-13(18)2/h5-11,17,21H,3-4,12H2,1-2H3,(H,22,23). The van der Waals surface area contributed by atoms with E-state index in [-0.39, 0.29) is 0 Å². The van der Waals surface area contributed by atoms with Gasteiger partial charge in [0, 0.05) is 11.6 Å². The van der Waals surface area contributed by atoms with Gasteiger partial charge in [0.05, 0.1) is 0 Å². The van der Waals surface area contributed by atoms with Crippen LogP contribution < -0.4 is 10.1 Å². The third kappa shape index (κ3) is 5.25. The summed E-state index contributed by atoms with van der Waals surface area (Å²) in [7, 11) is 0. The molecule has 2 aromatic rings. The summed E-state index contributed by atoms with van der Waals surface area (Å²) in [6.07, 6.45) is 1.45. The van der Waals surface area contributed by atoms with E-state index < -0.39 is 12.0 Å². The lowest BCUT2D eigenvalue weighted by atomic mass is 10.1. The van der Waals surface area contributed by atoms with Gasteiger partial charge in [0.15, 0.2) is 0 Å². The van der Waals surface area contributed by atoms with Crippen LogP contribution in [-0.4, -0.2) is 17.1 Å². The third-order valence-corrected chi connectivity index (χ3v) is 3.95. The Balaban J connectivity index is 1.96. The lowest BCUT2D eigenvalue weighted by Crippen LogP contribution is -2.35. The molecule has 1 atom stereocenters. The summed E-state index contributed by atoms with van der Waals surface area (Å²) in [6, 6.07) is 12.6. The molecule has 24 heavy (non-hydrogen) atoms. The Morgan fingerprint density at radius 1 is 1.25 bits per heavy atom. The monoisotopic (exact) mass is 347 g/mol. The van der Waals surface area contributed by atoms with Gasteiger partial charge in [0.2, 0.25) is 0 Å². The van der Waals surface area contributed by atoms with Crippen LogP contribution >= 0.6 is 11.6 Å². The van der Waals surface area contributed by atoms with Gasteiger partial charge in [-0.05, 0) is 54.8 Å². The van der Waals surface area contributed by atoms with Crippen LogP contribution in [0.5, 0.6) is 11.5 Å². The number of halogens is 1. The Morgan fingerprint density at radius 3 is 2.54 bits per heavy atom. The van der Waals surface area contributed by atoms with Crippen molar-refractivity contribution in [2.75, 3.05) is 0 Å². The maximum atomic E-state index is 11.1. The minimum absolute atomic E-state index is 0.511. The highest BCUT2D eigenvalue weighted by Gasteiger charge is 2.15. The van der Waals surface area contributed by atoms with Gasteiger partial charge in [-0.3, -0.25) is 4.79 Å². The third-order valence-electron chi connectivity index (χ3n) is 3.72. The topological polar surface area (TPSA) is 58.6 Å². The summed E-state index contributed by atoms with van der Waals surface area (Å²) >= 11 is 5.94. The molecule has 0 aliphatic rings. The number of ether oxygens (including phenoxy) is 1. The van der Waals surface area contributed by atoms with Crippen LogP contribution in [0.3, 0.4) is 0 Å². The maximum Gasteiger partial charge on any atom is 0.320 e. The van der Waals surface area contributed by atoms with Crippen LogP contribution in [-0.2, 0) is 11.3 Å². The number of carboxylic acids is 1. The van der Waals surface area contributed by atoms with Crippen LogP contribution in [0, 0.1) is 6.92 Å². The van der Waals surface area contributed by atoms with Crippen LogP contribution in [0.25, 0.3) is 0 Å². The van der Waals surface area contributed by atoms with Crippen LogP contribution in [0.2, 0.25) is 5.02 Å². The van der Waals surface area contributed by atoms with Crippen molar-refractivity contribution in [3.8, 4) is 11.5 Å². The molecule has 0 saturated carbocycles. The number of rotatable bonds is 8. The molecule has 0 spiro atoms. The van der Waals surface area contributed by atoms with Gasteiger partial charge in [-0.2, -0.15) is 0 Å². The molecule has 0 fully saturated rings. The first-order chi connectivity index (χ1) is 11.5. The SMILES string of the molecule is CCCC(NCc1ccc(Oc2ccc(Cl)cc2C)cc1)C(=O)O. The number of benzene rings is 2. The fourth-order valence-corrected chi connectivity index (χ4v) is 2.60. The zero-order chi connectivity index (χ0) is 17.5. The second kappa shape index (κ2) is 8.71. The van der Waals surface area contributed by atoms with Crippen molar-refractivity contribution in [1.82, 2.24) is 5.32 Å². The van der Waals surface area contributed by atoms with E-state index in [0.717, 1.165) is 29.0 Å². The molecule has 1 unspecified atom stereocenters. The number of hydrogen-bond donors (Lipinski definition) is 2. The molecule has 0 bridgehead atoms. The van der Waals surface area contributed by atoms with Crippen LogP contribution in [0.4, 0.5) is 0 Å². The Bertz CT molecular complexity index is 686. The summed E-state index contributed by atoms with van der Waals surface area (Å²) < 4.78 is 5.85. The van der Waals surface area contributed by atoms with Gasteiger partial charge in [-0.25, -0.2) is 0 Å². The zero-order valence-corrected chi connectivity index (χ0v) is 14.6. The molecule has 128 valence electrons. The average molecular weight is 348 g/mol. The maximum absolute atomic E-state index is 11.1. The summed E-state index contributed by atoms with van der Waals surface area (Å²) in [5, 5.41) is 12.9. The van der Waals surface area contributed by atoms with E-state index in [1.807, 2.05) is 50.2 Å². The smallest absolute Gasteiger partial charge is 0.320 e. The second-order valence-corrected chi connectivity index (χ2v) is 6.15. The number of carboxylic acid groups (broad SMARTS) is 1. The summed E-state index contributed by atoms with van der Waals surface area (Å²) in [5.41, 5.74) is 1.98. The zero-order valence-electron chi connectivity index (χ0n) is 13.9. The van der Waals surface area contributed by atoms with Crippen molar-refractivity contribution in [3.05, 3.63) is 58.6 Å². The Morgan fingerprint density at radius 2 is 1.96 bits per heavy atom. The van der Waals surface area contributed by atoms with Gasteiger partial charge >= 0.3 is 5.97 Å². The molecule has 0 aliphatic carbocycles. The fraction of sp³-hybridized carbons (Fsp3) is 0.316. The molecule has 0 heterocycles. The van der Waals surface area contributed by atoms with E-state index in [4.69, 9.17) is 21.4 Å². The van der Waals surface area contributed by atoms with E-state index in [2.05, 4.69) is 5.32 Å². The molecule has 0 aromatic heterocycles. The van der Waals surface area contributed by atoms with Crippen molar-refractivity contribution < 1.29 is 14.6 Å². The minimum atomic E-state index is -0.810. The van der Waals surface area contributed by atoms with Gasteiger partial charge in [-0.15, -0.1) is 0 Å². The predicted molar refractivity (Wildman–Crippen MR) is 95.9 cm³/mol. The average Bonchev–Trinajstić information content (AvgIpc) is 2.55. The van der Waals surface area contributed by atoms with Crippen molar-refractivity contribution in [2.45, 2.75) is 39.3 Å². The van der Waals surface area contributed by atoms with Crippen LogP contribution in [0.1, 0.15) is 30.9 Å². The second-order valence-electron chi connectivity index (χ2n) is 5.72. The Hall–Kier alpha value is -2.04. The molecule has 0 saturated heterocycles. The molecule has 0 aliphatic heterocycles. The highest BCUT2D eigenvalue weighted by atomic mass is 35.5. The number of nitrogens with one attached hydrogen (secondary N) is 1. The minimum Gasteiger partial charge on any atom is -0.480 e. The summed E-state index contributed by atoms with van der Waals surface area (Å²) in [5.74, 6) is 0.682. The lowest BCUT2D eigenvalue weighted by Gasteiger charge is -2.14. The molecule has 0 radical (unpaired) electrons. The van der Waals surface area contributed by atoms with E-state index in [0.29, 0.717) is 18.0 Å². The molecule has 2 aromatic carbocycles. The normalized spacial score (nSPS) is 12.0. The van der Waals surface area contributed by atoms with Gasteiger partial charge in [0.1, 0.15) is 17.5 Å². The molecular formula is C19H22ClNO3. The largest absolute Gasteiger partial charge is 0.480 e. The van der Waals surface area contributed by atoms with Gasteiger partial charge < -0.3 is 15.2 Å². The van der Waals surface area contributed by atoms with E-state index >= 15 is 0 Å². The Labute approximate surface area is 147 Å². The fourth-order valence-electron chi connectivity index (χ4n) is 2.37. The highest BCUT2D eigenvalue weighted by molar-refractivity contribution is 6.30. The predicted octanol–water partition coefficient (Wildman–Crippen LogP) is 4.78. The Kier molecular flexibility index (Phi) is 6.64. The number of aryl methyl sites for hydroxylation is 1. The van der Waals surface area contributed by atoms with Crippen LogP contribution in [0.15, 0.2) is 42.5 Å². The first-order valence-corrected chi connectivity index (χ1v) is 8.36. The molecule has 5 heteroatoms. The van der Waals surface area contributed by atoms with Gasteiger partial charge in [0.25, 0.3) is 0 Å². The molecule has 0 amide bonds. The quantitative estimate of drug-likeness (QED) is 0.721. The molecule has 4 nitrogen and oxygen atoms in total. The lowest BCUT2D eigenvalue weighted by molar-refractivity contribution is -0.139. The van der Waals surface area contributed by atoms with Crippen molar-refractivity contribution in [2.24, 2.45) is 0 Å². The molecule has 2 rings (SSSR count). The first-order valence-electron chi connectivity index (χ1n) is 7.98. The number of aliphatic carboxylic acids is 1. The van der Waals surface area contributed by atoms with Crippen molar-refractivity contribution >= 4 is 17.6 Å². The van der Waals surface area contributed by atoms with Crippen molar-refractivity contribution in [1.29, 1.82) is 0 Å². The van der Waals surface area contributed by atoms with E-state index in [1.165, 1.54) is 0 Å². The first kappa shape index (κ1) is 18.3.